The molecule has 1 atom stereocenters. The van der Waals surface area contributed by atoms with E-state index in [0.29, 0.717) is 22.2 Å². The number of hydrogen-bond acceptors (Lipinski definition) is 5. The Kier molecular flexibility index (Phi) is 5.75. The van der Waals surface area contributed by atoms with Crippen LogP contribution in [0, 0.1) is 6.92 Å². The van der Waals surface area contributed by atoms with E-state index in [-0.39, 0.29) is 0 Å². The van der Waals surface area contributed by atoms with Crippen LogP contribution in [0.4, 0.5) is 5.69 Å². The van der Waals surface area contributed by atoms with E-state index in [2.05, 4.69) is 15.4 Å². The topological polar surface area (TPSA) is 86.1 Å². The van der Waals surface area contributed by atoms with Crippen LogP contribution < -0.4 is 15.7 Å². The maximum Gasteiger partial charge on any atom is 0.365 e. The van der Waals surface area contributed by atoms with E-state index in [1.54, 1.807) is 25.1 Å². The van der Waals surface area contributed by atoms with Crippen molar-refractivity contribution in [2.75, 3.05) is 12.4 Å². The number of benzene rings is 2. The van der Waals surface area contributed by atoms with Crippen LogP contribution in [0.3, 0.4) is 0 Å². The van der Waals surface area contributed by atoms with E-state index < -0.39 is 17.6 Å². The first-order valence-corrected chi connectivity index (χ1v) is 8.94. The number of nitrogens with zero attached hydrogens (tertiary/aromatic N) is 3. The smallest absolute Gasteiger partial charge is 0.365 e. The van der Waals surface area contributed by atoms with Crippen LogP contribution in [-0.4, -0.2) is 27.8 Å². The van der Waals surface area contributed by atoms with Crippen molar-refractivity contribution in [1.82, 2.24) is 14.8 Å². The molecule has 0 fully saturated rings. The van der Waals surface area contributed by atoms with Gasteiger partial charge in [-0.3, -0.25) is 4.79 Å². The minimum absolute atomic E-state index is 0.368. The summed E-state index contributed by atoms with van der Waals surface area (Å²) < 4.78 is 6.12. The quantitative estimate of drug-likeness (QED) is 0.711. The van der Waals surface area contributed by atoms with E-state index in [0.717, 1.165) is 15.8 Å². The number of rotatable bonds is 5. The first-order valence-electron chi connectivity index (χ1n) is 8.56. The third kappa shape index (κ3) is 4.20. The molecule has 0 aliphatic rings. The molecule has 7 nitrogen and oxygen atoms in total. The normalized spacial score (nSPS) is 11.7. The fourth-order valence-corrected chi connectivity index (χ4v) is 2.84. The van der Waals surface area contributed by atoms with Crippen molar-refractivity contribution in [3.8, 4) is 17.0 Å². The van der Waals surface area contributed by atoms with Gasteiger partial charge in [0.1, 0.15) is 11.8 Å². The second-order valence-corrected chi connectivity index (χ2v) is 6.66. The van der Waals surface area contributed by atoms with Gasteiger partial charge in [0, 0.05) is 11.3 Å². The summed E-state index contributed by atoms with van der Waals surface area (Å²) in [5, 5.41) is 7.19. The summed E-state index contributed by atoms with van der Waals surface area (Å²) in [5.74, 6) is 0.0854. The number of methoxy groups -OCH3 is 1. The van der Waals surface area contributed by atoms with E-state index in [1.165, 1.54) is 13.3 Å². The number of ether oxygens (including phenoxy) is 1. The van der Waals surface area contributed by atoms with Crippen LogP contribution >= 0.6 is 11.6 Å². The average Bonchev–Trinajstić information content (AvgIpc) is 2.68. The number of carbonyl (C=O) groups excluding carboxylic acids is 1. The number of carbonyl (C=O) groups is 1. The van der Waals surface area contributed by atoms with Gasteiger partial charge >= 0.3 is 5.69 Å². The van der Waals surface area contributed by atoms with Gasteiger partial charge in [-0.15, -0.1) is 0 Å². The largest absolute Gasteiger partial charge is 0.495 e. The zero-order valence-electron chi connectivity index (χ0n) is 15.6. The number of anilines is 1. The average molecular weight is 399 g/mol. The molecule has 3 aromatic rings. The molecule has 1 amide bonds. The second-order valence-electron chi connectivity index (χ2n) is 6.25. The van der Waals surface area contributed by atoms with Gasteiger partial charge in [-0.25, -0.2) is 9.48 Å². The maximum absolute atomic E-state index is 12.5. The Morgan fingerprint density at radius 2 is 1.93 bits per heavy atom. The van der Waals surface area contributed by atoms with Crippen LogP contribution in [-0.2, 0) is 4.79 Å². The molecule has 0 radical (unpaired) electrons. The lowest BCUT2D eigenvalue weighted by Gasteiger charge is -2.14. The SMILES string of the molecule is COc1ccc(NC(=O)[C@H](C)n2ncc(-c3ccc(C)cc3)nc2=O)cc1Cl. The molecular formula is C20H19ClN4O3. The Hall–Kier alpha value is -3.19. The summed E-state index contributed by atoms with van der Waals surface area (Å²) in [7, 11) is 1.51. The number of hydrogen-bond donors (Lipinski definition) is 1. The number of halogens is 1. The van der Waals surface area contributed by atoms with Crippen molar-refractivity contribution >= 4 is 23.2 Å². The highest BCUT2D eigenvalue weighted by Crippen LogP contribution is 2.27. The van der Waals surface area contributed by atoms with Gasteiger partial charge in [-0.1, -0.05) is 41.4 Å². The zero-order valence-corrected chi connectivity index (χ0v) is 16.4. The van der Waals surface area contributed by atoms with E-state index in [1.807, 2.05) is 31.2 Å². The van der Waals surface area contributed by atoms with Crippen molar-refractivity contribution in [3.05, 3.63) is 69.7 Å². The summed E-state index contributed by atoms with van der Waals surface area (Å²) in [4.78, 5) is 28.9. The molecule has 0 spiro atoms. The molecule has 2 aromatic carbocycles. The molecule has 0 aliphatic heterocycles. The first-order chi connectivity index (χ1) is 13.4. The van der Waals surface area contributed by atoms with Crippen molar-refractivity contribution in [2.45, 2.75) is 19.9 Å². The summed E-state index contributed by atoms with van der Waals surface area (Å²) in [6.45, 7) is 3.55. The maximum atomic E-state index is 12.5. The minimum Gasteiger partial charge on any atom is -0.495 e. The molecule has 28 heavy (non-hydrogen) atoms. The molecule has 0 bridgehead atoms. The molecule has 1 N–H and O–H groups in total. The Labute approximate surface area is 166 Å². The lowest BCUT2D eigenvalue weighted by Crippen LogP contribution is -2.34. The van der Waals surface area contributed by atoms with Crippen molar-refractivity contribution in [2.24, 2.45) is 0 Å². The second kappa shape index (κ2) is 8.22. The minimum atomic E-state index is -0.854. The highest BCUT2D eigenvalue weighted by molar-refractivity contribution is 6.32. The molecule has 1 heterocycles. The Balaban J connectivity index is 1.79. The van der Waals surface area contributed by atoms with Crippen molar-refractivity contribution in [1.29, 1.82) is 0 Å². The summed E-state index contributed by atoms with van der Waals surface area (Å²) in [6, 6.07) is 11.6. The molecule has 3 rings (SSSR count). The molecule has 0 aliphatic carbocycles. The number of aryl methyl sites for hydroxylation is 1. The van der Waals surface area contributed by atoms with Gasteiger partial charge in [0.25, 0.3) is 0 Å². The van der Waals surface area contributed by atoms with Gasteiger partial charge < -0.3 is 10.1 Å². The predicted octanol–water partition coefficient (Wildman–Crippen LogP) is 3.48. The van der Waals surface area contributed by atoms with E-state index in [9.17, 15) is 9.59 Å². The predicted molar refractivity (Wildman–Crippen MR) is 108 cm³/mol. The fourth-order valence-electron chi connectivity index (χ4n) is 2.58. The molecule has 0 saturated heterocycles. The van der Waals surface area contributed by atoms with E-state index in [4.69, 9.17) is 16.3 Å². The third-order valence-electron chi connectivity index (χ3n) is 4.23. The van der Waals surface area contributed by atoms with Crippen LogP contribution in [0.2, 0.25) is 5.02 Å². The van der Waals surface area contributed by atoms with Crippen molar-refractivity contribution < 1.29 is 9.53 Å². The number of aromatic nitrogens is 3. The molecule has 0 unspecified atom stereocenters. The highest BCUT2D eigenvalue weighted by atomic mass is 35.5. The van der Waals surface area contributed by atoms with Gasteiger partial charge in [-0.05, 0) is 32.0 Å². The monoisotopic (exact) mass is 398 g/mol. The zero-order chi connectivity index (χ0) is 20.3. The lowest BCUT2D eigenvalue weighted by molar-refractivity contribution is -0.119. The first kappa shape index (κ1) is 19.6. The van der Waals surface area contributed by atoms with Crippen LogP contribution in [0.5, 0.6) is 5.75 Å². The van der Waals surface area contributed by atoms with Gasteiger partial charge in [0.05, 0.1) is 24.0 Å². The molecule has 0 saturated carbocycles. The van der Waals surface area contributed by atoms with Gasteiger partial charge in [0.2, 0.25) is 5.91 Å². The van der Waals surface area contributed by atoms with E-state index >= 15 is 0 Å². The Morgan fingerprint density at radius 1 is 1.21 bits per heavy atom. The number of nitrogens with one attached hydrogen (secondary N) is 1. The third-order valence-corrected chi connectivity index (χ3v) is 4.52. The van der Waals surface area contributed by atoms with Gasteiger partial charge in [-0.2, -0.15) is 10.1 Å². The van der Waals surface area contributed by atoms with Crippen LogP contribution in [0.25, 0.3) is 11.3 Å². The van der Waals surface area contributed by atoms with Gasteiger partial charge in [0.15, 0.2) is 0 Å². The van der Waals surface area contributed by atoms with Crippen LogP contribution in [0.15, 0.2) is 53.5 Å². The fraction of sp³-hybridized carbons (Fsp3) is 0.200. The highest BCUT2D eigenvalue weighted by Gasteiger charge is 2.19. The standard InChI is InChI=1S/C20H19ClN4O3/c1-12-4-6-14(7-5-12)17-11-22-25(20(27)24-17)13(2)19(26)23-15-8-9-18(28-3)16(21)10-15/h4-11,13H,1-3H3,(H,23,26)/t13-/m0/s1. The summed E-state index contributed by atoms with van der Waals surface area (Å²) in [5.41, 5.74) is 2.23. The lowest BCUT2D eigenvalue weighted by atomic mass is 10.1. The molecule has 144 valence electrons. The summed E-state index contributed by atoms with van der Waals surface area (Å²) in [6.07, 6.45) is 1.47. The summed E-state index contributed by atoms with van der Waals surface area (Å²) >= 11 is 6.07. The molecular weight excluding hydrogens is 380 g/mol. The Morgan fingerprint density at radius 3 is 2.54 bits per heavy atom. The van der Waals surface area contributed by atoms with Crippen molar-refractivity contribution in [3.63, 3.8) is 0 Å². The number of amides is 1. The molecule has 1 aromatic heterocycles. The Bertz CT molecular complexity index is 1060. The van der Waals surface area contributed by atoms with Crippen LogP contribution in [0.1, 0.15) is 18.5 Å². The molecule has 8 heteroatoms.